The quantitative estimate of drug-likeness (QED) is 0.0755. The van der Waals surface area contributed by atoms with Crippen molar-refractivity contribution in [1.82, 2.24) is 0 Å². The summed E-state index contributed by atoms with van der Waals surface area (Å²) in [5.74, 6) is -6.02. The van der Waals surface area contributed by atoms with E-state index in [1.165, 1.54) is 13.8 Å². The molecule has 2 aliphatic heterocycles. The van der Waals surface area contributed by atoms with E-state index in [4.69, 9.17) is 52.1 Å². The number of esters is 7. The third-order valence-corrected chi connectivity index (χ3v) is 9.02. The molecule has 2 rings (SSSR count). The molecule has 11 atom stereocenters. The van der Waals surface area contributed by atoms with Gasteiger partial charge in [-0.1, -0.05) is 36.5 Å². The van der Waals surface area contributed by atoms with Crippen LogP contribution in [0.1, 0.15) is 94.9 Å². The normalized spacial score (nSPS) is 27.3. The molecule has 1 N–H and O–H groups in total. The van der Waals surface area contributed by atoms with Crippen LogP contribution in [0.5, 0.6) is 0 Å². The Balaban J connectivity index is 2.74. The first-order chi connectivity index (χ1) is 27.9. The van der Waals surface area contributed by atoms with Crippen molar-refractivity contribution in [2.45, 2.75) is 168 Å². The fourth-order valence-electron chi connectivity index (χ4n) is 6.40. The molecule has 19 heteroatoms. The molecule has 0 aromatic carbocycles. The Bertz CT molecular complexity index is 1580. The van der Waals surface area contributed by atoms with Crippen molar-refractivity contribution in [2.24, 2.45) is 0 Å². The van der Waals surface area contributed by atoms with Crippen LogP contribution in [-0.4, -0.2) is 133 Å². The first kappa shape index (κ1) is 51.5. The lowest BCUT2D eigenvalue weighted by Gasteiger charge is -2.49. The van der Waals surface area contributed by atoms with Gasteiger partial charge in [0.05, 0.1) is 11.7 Å². The van der Waals surface area contributed by atoms with E-state index < -0.39 is 128 Å². The zero-order chi connectivity index (χ0) is 45.5. The predicted molar refractivity (Wildman–Crippen MR) is 206 cm³/mol. The zero-order valence-corrected chi connectivity index (χ0v) is 36.0. The number of carbonyl (C=O) groups excluding carboxylic acids is 7. The minimum atomic E-state index is -1.84. The van der Waals surface area contributed by atoms with Crippen LogP contribution in [0.2, 0.25) is 0 Å². The number of rotatable bonds is 21. The highest BCUT2D eigenvalue weighted by molar-refractivity contribution is 5.69. The van der Waals surface area contributed by atoms with Crippen molar-refractivity contribution < 1.29 is 90.8 Å². The van der Waals surface area contributed by atoms with E-state index in [0.717, 1.165) is 59.6 Å². The first-order valence-corrected chi connectivity index (χ1v) is 19.4. The maximum absolute atomic E-state index is 12.8. The summed E-state index contributed by atoms with van der Waals surface area (Å²) >= 11 is 0. The van der Waals surface area contributed by atoms with Gasteiger partial charge >= 0.3 is 41.8 Å². The molecular weight excluding hydrogens is 796 g/mol. The van der Waals surface area contributed by atoms with Gasteiger partial charge in [-0.05, 0) is 46.5 Å². The fourth-order valence-corrected chi connectivity index (χ4v) is 6.40. The summed E-state index contributed by atoms with van der Waals surface area (Å²) in [5, 5.41) is 11.3. The number of hydrogen-bond acceptors (Lipinski definition) is 19. The first-order valence-electron chi connectivity index (χ1n) is 19.4. The molecule has 2 fully saturated rings. The summed E-state index contributed by atoms with van der Waals surface area (Å²) < 4.78 is 63.6. The second-order valence-corrected chi connectivity index (χ2v) is 14.9. The molecular formula is C41H60O19. The van der Waals surface area contributed by atoms with Crippen LogP contribution in [0, 0.1) is 0 Å². The van der Waals surface area contributed by atoms with Gasteiger partial charge in [0.2, 0.25) is 0 Å². The molecule has 60 heavy (non-hydrogen) atoms. The van der Waals surface area contributed by atoms with Gasteiger partial charge in [-0.2, -0.15) is 0 Å². The molecule has 11 unspecified atom stereocenters. The predicted octanol–water partition coefficient (Wildman–Crippen LogP) is 3.01. The van der Waals surface area contributed by atoms with Crippen LogP contribution in [0.4, 0.5) is 0 Å². The van der Waals surface area contributed by atoms with E-state index in [0.29, 0.717) is 19.3 Å². The van der Waals surface area contributed by atoms with Crippen LogP contribution in [0.25, 0.3) is 0 Å². The van der Waals surface area contributed by atoms with Crippen LogP contribution in [0.15, 0.2) is 36.5 Å². The molecule has 0 spiro atoms. The summed E-state index contributed by atoms with van der Waals surface area (Å²) in [7, 11) is 0. The molecule has 0 aliphatic carbocycles. The van der Waals surface area contributed by atoms with Crippen molar-refractivity contribution >= 4 is 41.8 Å². The lowest BCUT2D eigenvalue weighted by Crippen LogP contribution is -2.67. The summed E-state index contributed by atoms with van der Waals surface area (Å²) in [6, 6.07) is 0. The monoisotopic (exact) mass is 856 g/mol. The van der Waals surface area contributed by atoms with E-state index >= 15 is 0 Å². The maximum atomic E-state index is 12.8. The van der Waals surface area contributed by atoms with Crippen LogP contribution < -0.4 is 0 Å². The second-order valence-electron chi connectivity index (χ2n) is 14.9. The largest absolute Gasteiger partial charge is 0.463 e. The molecule has 0 radical (unpaired) electrons. The lowest BCUT2D eigenvalue weighted by atomic mass is 9.93. The van der Waals surface area contributed by atoms with Gasteiger partial charge in [0, 0.05) is 48.5 Å². The number of aliphatic hydroxyl groups is 1. The zero-order valence-electron chi connectivity index (χ0n) is 36.0. The molecule has 19 nitrogen and oxygen atoms in total. The highest BCUT2D eigenvalue weighted by atomic mass is 16.8. The highest BCUT2D eigenvalue weighted by Gasteiger charge is 2.58. The Hall–Kier alpha value is -4.69. The number of allylic oxidation sites excluding steroid dienone is 4. The van der Waals surface area contributed by atoms with E-state index in [9.17, 15) is 38.7 Å². The lowest BCUT2D eigenvalue weighted by molar-refractivity contribution is -0.367. The summed E-state index contributed by atoms with van der Waals surface area (Å²) in [6.07, 6.45) is -11.4. The van der Waals surface area contributed by atoms with Gasteiger partial charge in [0.1, 0.15) is 31.5 Å². The SMILES string of the molecule is C=CC(=C)CCC=C(C)CCC(OC1OC(COC(C)=O)C(OC2OC(COC(C)=O)C(OC(C)=O)C(OC(C)=O)C2OC(C)=O)C(OC(C)=O)C1OC(C)=O)C(C)(C)O. The van der Waals surface area contributed by atoms with Gasteiger partial charge in [-0.25, -0.2) is 0 Å². The smallest absolute Gasteiger partial charge is 0.303 e. The average Bonchev–Trinajstić information content (AvgIpc) is 3.11. The van der Waals surface area contributed by atoms with Gasteiger partial charge in [0.25, 0.3) is 0 Å². The van der Waals surface area contributed by atoms with E-state index in [1.807, 2.05) is 13.0 Å². The molecule has 0 bridgehead atoms. The fraction of sp³-hybridized carbons (Fsp3) is 0.683. The molecule has 0 aromatic heterocycles. The third kappa shape index (κ3) is 17.1. The Labute approximate surface area is 349 Å². The Kier molecular flexibility index (Phi) is 20.5. The standard InChI is InChI=1S/C41H60O19/c1-13-21(2)15-14-16-22(3)17-18-32(41(11,12)49)59-39-37(55-28(9)47)36(54-27(8)46)34(31(57-39)20-51-24(5)43)60-40-38(56-29(10)48)35(53-26(7)45)33(52-25(6)44)30(58-40)19-50-23(4)42/h13,16,30-40,49H,1-2,14-15,17-20H2,3-12H3. The molecule has 0 aromatic rings. The van der Waals surface area contributed by atoms with Gasteiger partial charge < -0.3 is 57.2 Å². The third-order valence-electron chi connectivity index (χ3n) is 9.02. The van der Waals surface area contributed by atoms with Crippen molar-refractivity contribution in [2.75, 3.05) is 13.2 Å². The van der Waals surface area contributed by atoms with E-state index in [1.54, 1.807) is 6.08 Å². The second kappa shape index (κ2) is 23.9. The molecule has 0 amide bonds. The van der Waals surface area contributed by atoms with Crippen LogP contribution >= 0.6 is 0 Å². The van der Waals surface area contributed by atoms with Gasteiger partial charge in [-0.15, -0.1) is 0 Å². The van der Waals surface area contributed by atoms with Crippen molar-refractivity contribution in [3.05, 3.63) is 36.5 Å². The molecule has 0 saturated carbocycles. The Morgan fingerprint density at radius 2 is 1.03 bits per heavy atom. The minimum absolute atomic E-state index is 0.235. The molecule has 2 heterocycles. The van der Waals surface area contributed by atoms with Gasteiger partial charge in [0.15, 0.2) is 43.1 Å². The van der Waals surface area contributed by atoms with Gasteiger partial charge in [-0.3, -0.25) is 33.6 Å². The highest BCUT2D eigenvalue weighted by Crippen LogP contribution is 2.37. The summed E-state index contributed by atoms with van der Waals surface area (Å²) in [6.45, 7) is 18.8. The van der Waals surface area contributed by atoms with Crippen molar-refractivity contribution in [3.63, 3.8) is 0 Å². The summed E-state index contributed by atoms with van der Waals surface area (Å²) in [5.41, 5.74) is 0.338. The number of ether oxygens (including phenoxy) is 11. The molecule has 2 aliphatic rings. The van der Waals surface area contributed by atoms with Crippen molar-refractivity contribution in [1.29, 1.82) is 0 Å². The number of carbonyl (C=O) groups is 7. The topological polar surface area (TPSA) is 241 Å². The Morgan fingerprint density at radius 1 is 0.617 bits per heavy atom. The minimum Gasteiger partial charge on any atom is -0.463 e. The van der Waals surface area contributed by atoms with Crippen LogP contribution in [0.3, 0.4) is 0 Å². The van der Waals surface area contributed by atoms with Crippen molar-refractivity contribution in [3.8, 4) is 0 Å². The average molecular weight is 857 g/mol. The summed E-state index contributed by atoms with van der Waals surface area (Å²) in [4.78, 5) is 86.8. The Morgan fingerprint density at radius 3 is 1.48 bits per heavy atom. The van der Waals surface area contributed by atoms with E-state index in [2.05, 4.69) is 13.2 Å². The number of hydrogen-bond donors (Lipinski definition) is 1. The van der Waals surface area contributed by atoms with Crippen LogP contribution in [-0.2, 0) is 85.7 Å². The maximum Gasteiger partial charge on any atom is 0.303 e. The molecule has 2 saturated heterocycles. The molecule has 338 valence electrons. The van der Waals surface area contributed by atoms with E-state index in [-0.39, 0.29) is 6.42 Å².